The number of aliphatic hydroxyl groups excluding tert-OH is 1. The van der Waals surface area contributed by atoms with Gasteiger partial charge in [0.1, 0.15) is 0 Å². The Morgan fingerprint density at radius 2 is 2.06 bits per heavy atom. The van der Waals surface area contributed by atoms with Gasteiger partial charge in [0, 0.05) is 23.6 Å². The first-order valence-corrected chi connectivity index (χ1v) is 6.75. The molecule has 2 unspecified atom stereocenters. The summed E-state index contributed by atoms with van der Waals surface area (Å²) >= 11 is 3.59. The highest BCUT2D eigenvalue weighted by atomic mass is 79.9. The Labute approximate surface area is 111 Å². The summed E-state index contributed by atoms with van der Waals surface area (Å²) in [5, 5.41) is 9.57. The Kier molecular flexibility index (Phi) is 4.07. The van der Waals surface area contributed by atoms with Gasteiger partial charge in [0.15, 0.2) is 0 Å². The van der Waals surface area contributed by atoms with Gasteiger partial charge in [-0.05, 0) is 42.0 Å². The number of benzene rings is 1. The van der Waals surface area contributed by atoms with Gasteiger partial charge in [-0.2, -0.15) is 0 Å². The van der Waals surface area contributed by atoms with Crippen LogP contribution in [0.5, 0.6) is 0 Å². The Bertz CT molecular complexity index is 385. The second-order valence-electron chi connectivity index (χ2n) is 4.77. The van der Waals surface area contributed by atoms with Crippen molar-refractivity contribution in [2.24, 2.45) is 0 Å². The maximum atomic E-state index is 9.57. The lowest BCUT2D eigenvalue weighted by Gasteiger charge is -2.45. The van der Waals surface area contributed by atoms with Gasteiger partial charge in [-0.3, -0.25) is 0 Å². The molecule has 3 nitrogen and oxygen atoms in total. The lowest BCUT2D eigenvalue weighted by molar-refractivity contribution is 0.171. The zero-order valence-electron chi connectivity index (χ0n) is 10.3. The molecule has 1 fully saturated rings. The molecular formula is C13H19BrN2O. The lowest BCUT2D eigenvalue weighted by Crippen LogP contribution is -2.58. The van der Waals surface area contributed by atoms with Crippen LogP contribution in [0.3, 0.4) is 0 Å². The lowest BCUT2D eigenvalue weighted by atomic mass is 10.1. The van der Waals surface area contributed by atoms with E-state index in [1.807, 2.05) is 12.1 Å². The molecule has 0 saturated carbocycles. The van der Waals surface area contributed by atoms with Crippen LogP contribution < -0.4 is 4.90 Å². The van der Waals surface area contributed by atoms with Crippen LogP contribution in [-0.2, 0) is 0 Å². The van der Waals surface area contributed by atoms with E-state index in [0.29, 0.717) is 6.04 Å². The van der Waals surface area contributed by atoms with Crippen LogP contribution >= 0.6 is 15.9 Å². The topological polar surface area (TPSA) is 26.7 Å². The average molecular weight is 299 g/mol. The summed E-state index contributed by atoms with van der Waals surface area (Å²) in [5.74, 6) is 0. The number of aliphatic hydroxyl groups is 1. The third kappa shape index (κ3) is 2.64. The quantitative estimate of drug-likeness (QED) is 0.904. The summed E-state index contributed by atoms with van der Waals surface area (Å²) in [6, 6.07) is 8.79. The van der Waals surface area contributed by atoms with Crippen molar-refractivity contribution in [1.29, 1.82) is 0 Å². The van der Waals surface area contributed by atoms with Gasteiger partial charge in [-0.25, -0.2) is 0 Å². The molecule has 1 heterocycles. The van der Waals surface area contributed by atoms with Crippen molar-refractivity contribution in [3.05, 3.63) is 28.7 Å². The van der Waals surface area contributed by atoms with Crippen molar-refractivity contribution < 1.29 is 5.11 Å². The van der Waals surface area contributed by atoms with Gasteiger partial charge in [0.2, 0.25) is 0 Å². The predicted octanol–water partition coefficient (Wildman–Crippen LogP) is 1.95. The first-order valence-electron chi connectivity index (χ1n) is 5.95. The number of halogens is 1. The number of rotatable bonds is 2. The van der Waals surface area contributed by atoms with Crippen molar-refractivity contribution in [2.75, 3.05) is 31.6 Å². The maximum Gasteiger partial charge on any atom is 0.0651 e. The van der Waals surface area contributed by atoms with E-state index >= 15 is 0 Å². The summed E-state index contributed by atoms with van der Waals surface area (Å²) in [4.78, 5) is 4.60. The van der Waals surface area contributed by atoms with Gasteiger partial charge in [0.25, 0.3) is 0 Å². The smallest absolute Gasteiger partial charge is 0.0651 e. The number of anilines is 1. The molecule has 0 amide bonds. The number of likely N-dealkylation sites (N-methyl/N-ethyl adjacent to an activating group) is 1. The summed E-state index contributed by atoms with van der Waals surface area (Å²) in [7, 11) is 2.11. The summed E-state index contributed by atoms with van der Waals surface area (Å²) in [6.45, 7) is 4.33. The Morgan fingerprint density at radius 1 is 1.35 bits per heavy atom. The molecule has 2 rings (SSSR count). The van der Waals surface area contributed by atoms with Crippen LogP contribution in [-0.4, -0.2) is 48.8 Å². The number of hydrogen-bond donors (Lipinski definition) is 1. The third-order valence-corrected chi connectivity index (χ3v) is 3.98. The minimum absolute atomic E-state index is 0.169. The van der Waals surface area contributed by atoms with E-state index in [1.165, 1.54) is 5.69 Å². The number of nitrogens with zero attached hydrogens (tertiary/aromatic N) is 2. The van der Waals surface area contributed by atoms with E-state index in [4.69, 9.17) is 0 Å². The van der Waals surface area contributed by atoms with Crippen LogP contribution in [0, 0.1) is 0 Å². The predicted molar refractivity (Wildman–Crippen MR) is 74.5 cm³/mol. The van der Waals surface area contributed by atoms with Crippen molar-refractivity contribution in [2.45, 2.75) is 19.0 Å². The highest BCUT2D eigenvalue weighted by Gasteiger charge is 2.30. The van der Waals surface area contributed by atoms with E-state index in [9.17, 15) is 5.11 Å². The van der Waals surface area contributed by atoms with Crippen LogP contribution in [0.15, 0.2) is 28.7 Å². The molecule has 4 heteroatoms. The van der Waals surface area contributed by atoms with E-state index in [-0.39, 0.29) is 12.6 Å². The van der Waals surface area contributed by atoms with Crippen LogP contribution in [0.2, 0.25) is 0 Å². The summed E-state index contributed by atoms with van der Waals surface area (Å²) in [6.07, 6.45) is 0. The highest BCUT2D eigenvalue weighted by Crippen LogP contribution is 2.31. The first-order chi connectivity index (χ1) is 8.13. The minimum atomic E-state index is 0.169. The summed E-state index contributed by atoms with van der Waals surface area (Å²) in [5.41, 5.74) is 1.17. The van der Waals surface area contributed by atoms with Gasteiger partial charge < -0.3 is 14.9 Å². The van der Waals surface area contributed by atoms with Crippen LogP contribution in [0.25, 0.3) is 0 Å². The fourth-order valence-corrected chi connectivity index (χ4v) is 3.15. The molecule has 1 aliphatic heterocycles. The molecule has 0 spiro atoms. The maximum absolute atomic E-state index is 9.57. The van der Waals surface area contributed by atoms with E-state index < -0.39 is 0 Å². The first kappa shape index (κ1) is 12.9. The van der Waals surface area contributed by atoms with Crippen molar-refractivity contribution in [3.63, 3.8) is 0 Å². The monoisotopic (exact) mass is 298 g/mol. The Balaban J connectivity index is 2.31. The van der Waals surface area contributed by atoms with Crippen molar-refractivity contribution in [3.8, 4) is 0 Å². The fraction of sp³-hybridized carbons (Fsp3) is 0.538. The Morgan fingerprint density at radius 3 is 2.71 bits per heavy atom. The van der Waals surface area contributed by atoms with Gasteiger partial charge in [-0.1, -0.05) is 12.1 Å². The fourth-order valence-electron chi connectivity index (χ4n) is 2.66. The van der Waals surface area contributed by atoms with E-state index in [0.717, 1.165) is 17.6 Å². The standard InChI is InChI=1S/C13H19BrN2O/c1-10-7-15(2)8-11(9-17)16(10)13-6-4-3-5-12(13)14/h3-6,10-11,17H,7-9H2,1-2H3. The minimum Gasteiger partial charge on any atom is -0.394 e. The van der Waals surface area contributed by atoms with Crippen LogP contribution in [0.1, 0.15) is 6.92 Å². The number of para-hydroxylation sites is 1. The van der Waals surface area contributed by atoms with E-state index in [2.05, 4.69) is 51.8 Å². The normalized spacial score (nSPS) is 26.2. The molecule has 1 aromatic carbocycles. The van der Waals surface area contributed by atoms with Gasteiger partial charge in [-0.15, -0.1) is 0 Å². The molecule has 1 aromatic rings. The SMILES string of the molecule is CC1CN(C)CC(CO)N1c1ccccc1Br. The molecule has 0 radical (unpaired) electrons. The summed E-state index contributed by atoms with van der Waals surface area (Å²) < 4.78 is 1.09. The Hall–Kier alpha value is -0.580. The molecular weight excluding hydrogens is 280 g/mol. The number of piperazine rings is 1. The van der Waals surface area contributed by atoms with Crippen molar-refractivity contribution >= 4 is 21.6 Å². The molecule has 1 aliphatic rings. The largest absolute Gasteiger partial charge is 0.394 e. The van der Waals surface area contributed by atoms with Gasteiger partial charge in [0.05, 0.1) is 18.3 Å². The molecule has 1 N–H and O–H groups in total. The second kappa shape index (κ2) is 5.38. The van der Waals surface area contributed by atoms with Crippen LogP contribution in [0.4, 0.5) is 5.69 Å². The zero-order valence-corrected chi connectivity index (χ0v) is 11.9. The average Bonchev–Trinajstić information content (AvgIpc) is 2.29. The van der Waals surface area contributed by atoms with Gasteiger partial charge >= 0.3 is 0 Å². The highest BCUT2D eigenvalue weighted by molar-refractivity contribution is 9.10. The van der Waals surface area contributed by atoms with E-state index in [1.54, 1.807) is 0 Å². The molecule has 2 atom stereocenters. The zero-order chi connectivity index (χ0) is 12.4. The van der Waals surface area contributed by atoms with Crippen molar-refractivity contribution in [1.82, 2.24) is 4.90 Å². The molecule has 0 bridgehead atoms. The third-order valence-electron chi connectivity index (χ3n) is 3.31. The molecule has 0 aromatic heterocycles. The molecule has 1 saturated heterocycles. The molecule has 94 valence electrons. The molecule has 17 heavy (non-hydrogen) atoms. The second-order valence-corrected chi connectivity index (χ2v) is 5.62. The number of hydrogen-bond acceptors (Lipinski definition) is 3. The molecule has 0 aliphatic carbocycles.